The SMILES string of the molecule is CCNCc1ncnn1-c1cc(C)ccc1C. The molecule has 1 aromatic heterocycles. The van der Waals surface area contributed by atoms with E-state index >= 15 is 0 Å². The van der Waals surface area contributed by atoms with Gasteiger partial charge in [0, 0.05) is 0 Å². The number of nitrogens with one attached hydrogen (secondary N) is 1. The van der Waals surface area contributed by atoms with E-state index in [1.165, 1.54) is 11.1 Å². The van der Waals surface area contributed by atoms with E-state index in [0.29, 0.717) is 0 Å². The second-order valence-corrected chi connectivity index (χ2v) is 4.16. The van der Waals surface area contributed by atoms with Crippen molar-refractivity contribution in [1.82, 2.24) is 20.1 Å². The van der Waals surface area contributed by atoms with Crippen molar-refractivity contribution in [1.29, 1.82) is 0 Å². The van der Waals surface area contributed by atoms with Gasteiger partial charge in [-0.3, -0.25) is 0 Å². The van der Waals surface area contributed by atoms with Crippen LogP contribution in [0.15, 0.2) is 24.5 Å². The average molecular weight is 230 g/mol. The summed E-state index contributed by atoms with van der Waals surface area (Å²) in [6.07, 6.45) is 1.61. The van der Waals surface area contributed by atoms with Crippen LogP contribution in [0, 0.1) is 13.8 Å². The third-order valence-electron chi connectivity index (χ3n) is 2.74. The number of benzene rings is 1. The first-order valence-electron chi connectivity index (χ1n) is 5.89. The highest BCUT2D eigenvalue weighted by atomic mass is 15.3. The van der Waals surface area contributed by atoms with E-state index in [2.05, 4.69) is 54.4 Å². The van der Waals surface area contributed by atoms with Crippen LogP contribution in [0.4, 0.5) is 0 Å². The molecule has 17 heavy (non-hydrogen) atoms. The predicted octanol–water partition coefficient (Wildman–Crippen LogP) is 1.99. The molecule has 0 fully saturated rings. The van der Waals surface area contributed by atoms with Gasteiger partial charge in [0.05, 0.1) is 12.2 Å². The van der Waals surface area contributed by atoms with Gasteiger partial charge in [0.15, 0.2) is 0 Å². The molecule has 0 radical (unpaired) electrons. The summed E-state index contributed by atoms with van der Waals surface area (Å²) in [5, 5.41) is 7.58. The van der Waals surface area contributed by atoms with Crippen molar-refractivity contribution in [2.24, 2.45) is 0 Å². The number of hydrogen-bond donors (Lipinski definition) is 1. The van der Waals surface area contributed by atoms with Crippen molar-refractivity contribution >= 4 is 0 Å². The molecule has 1 heterocycles. The fourth-order valence-corrected chi connectivity index (χ4v) is 1.77. The molecule has 0 amide bonds. The van der Waals surface area contributed by atoms with E-state index in [1.807, 2.05) is 4.68 Å². The largest absolute Gasteiger partial charge is 0.310 e. The third kappa shape index (κ3) is 2.53. The van der Waals surface area contributed by atoms with E-state index in [4.69, 9.17) is 0 Å². The van der Waals surface area contributed by atoms with E-state index < -0.39 is 0 Å². The molecule has 4 nitrogen and oxygen atoms in total. The van der Waals surface area contributed by atoms with E-state index in [0.717, 1.165) is 24.6 Å². The molecule has 0 aliphatic carbocycles. The molecule has 0 spiro atoms. The minimum atomic E-state index is 0.740. The molecular formula is C13H18N4. The molecule has 90 valence electrons. The Morgan fingerprint density at radius 2 is 2.12 bits per heavy atom. The molecule has 1 aromatic carbocycles. The maximum atomic E-state index is 4.31. The van der Waals surface area contributed by atoms with Crippen LogP contribution in [0.5, 0.6) is 0 Å². The quantitative estimate of drug-likeness (QED) is 0.873. The van der Waals surface area contributed by atoms with Crippen LogP contribution >= 0.6 is 0 Å². The van der Waals surface area contributed by atoms with Crippen LogP contribution < -0.4 is 5.32 Å². The average Bonchev–Trinajstić information content (AvgIpc) is 2.77. The lowest BCUT2D eigenvalue weighted by atomic mass is 10.1. The van der Waals surface area contributed by atoms with Gasteiger partial charge in [0.1, 0.15) is 12.2 Å². The summed E-state index contributed by atoms with van der Waals surface area (Å²) in [5.41, 5.74) is 3.55. The molecule has 0 atom stereocenters. The lowest BCUT2D eigenvalue weighted by Crippen LogP contribution is -2.16. The number of aryl methyl sites for hydroxylation is 2. The second kappa shape index (κ2) is 5.10. The van der Waals surface area contributed by atoms with E-state index in [9.17, 15) is 0 Å². The normalized spacial score (nSPS) is 10.8. The molecule has 0 bridgehead atoms. The van der Waals surface area contributed by atoms with Gasteiger partial charge in [-0.15, -0.1) is 0 Å². The molecule has 0 aliphatic rings. The van der Waals surface area contributed by atoms with Gasteiger partial charge in [-0.2, -0.15) is 5.10 Å². The fourth-order valence-electron chi connectivity index (χ4n) is 1.77. The summed E-state index contributed by atoms with van der Waals surface area (Å²) < 4.78 is 1.91. The lowest BCUT2D eigenvalue weighted by molar-refractivity contribution is 0.663. The Morgan fingerprint density at radius 3 is 2.88 bits per heavy atom. The maximum Gasteiger partial charge on any atom is 0.146 e. The summed E-state index contributed by atoms with van der Waals surface area (Å²) >= 11 is 0. The second-order valence-electron chi connectivity index (χ2n) is 4.16. The molecule has 0 aliphatic heterocycles. The first-order valence-corrected chi connectivity index (χ1v) is 5.89. The Kier molecular flexibility index (Phi) is 3.54. The number of rotatable bonds is 4. The van der Waals surface area contributed by atoms with Gasteiger partial charge < -0.3 is 5.32 Å². The molecule has 2 aromatic rings. The van der Waals surface area contributed by atoms with Crippen molar-refractivity contribution in [3.63, 3.8) is 0 Å². The zero-order valence-corrected chi connectivity index (χ0v) is 10.6. The third-order valence-corrected chi connectivity index (χ3v) is 2.74. The Hall–Kier alpha value is -1.68. The first-order chi connectivity index (χ1) is 8.22. The van der Waals surface area contributed by atoms with Crippen LogP contribution in [0.25, 0.3) is 5.69 Å². The van der Waals surface area contributed by atoms with Crippen molar-refractivity contribution < 1.29 is 0 Å². The zero-order chi connectivity index (χ0) is 12.3. The molecular weight excluding hydrogens is 212 g/mol. The van der Waals surface area contributed by atoms with Gasteiger partial charge >= 0.3 is 0 Å². The van der Waals surface area contributed by atoms with Crippen LogP contribution in [-0.4, -0.2) is 21.3 Å². The van der Waals surface area contributed by atoms with Crippen molar-refractivity contribution in [2.75, 3.05) is 6.54 Å². The monoisotopic (exact) mass is 230 g/mol. The Morgan fingerprint density at radius 1 is 1.29 bits per heavy atom. The Labute approximate surface area is 102 Å². The van der Waals surface area contributed by atoms with Crippen molar-refractivity contribution in [3.05, 3.63) is 41.5 Å². The summed E-state index contributed by atoms with van der Waals surface area (Å²) in [7, 11) is 0. The lowest BCUT2D eigenvalue weighted by Gasteiger charge is -2.10. The van der Waals surface area contributed by atoms with Crippen LogP contribution in [-0.2, 0) is 6.54 Å². The van der Waals surface area contributed by atoms with Gasteiger partial charge in [-0.05, 0) is 37.6 Å². The van der Waals surface area contributed by atoms with Gasteiger partial charge in [-0.25, -0.2) is 9.67 Å². The number of nitrogens with zero attached hydrogens (tertiary/aromatic N) is 3. The van der Waals surface area contributed by atoms with E-state index in [1.54, 1.807) is 6.33 Å². The Balaban J connectivity index is 2.38. The van der Waals surface area contributed by atoms with Gasteiger partial charge in [-0.1, -0.05) is 19.1 Å². The van der Waals surface area contributed by atoms with Gasteiger partial charge in [0.25, 0.3) is 0 Å². The number of aromatic nitrogens is 3. The summed E-state index contributed by atoms with van der Waals surface area (Å²) in [5.74, 6) is 0.945. The first kappa shape index (κ1) is 11.8. The topological polar surface area (TPSA) is 42.7 Å². The molecule has 0 saturated carbocycles. The van der Waals surface area contributed by atoms with Crippen molar-refractivity contribution in [2.45, 2.75) is 27.3 Å². The summed E-state index contributed by atoms with van der Waals surface area (Å²) in [6, 6.07) is 6.36. The minimum absolute atomic E-state index is 0.740. The molecule has 4 heteroatoms. The molecule has 2 rings (SSSR count). The highest BCUT2D eigenvalue weighted by Crippen LogP contribution is 2.16. The molecule has 0 saturated heterocycles. The fraction of sp³-hybridized carbons (Fsp3) is 0.385. The zero-order valence-electron chi connectivity index (χ0n) is 10.6. The summed E-state index contributed by atoms with van der Waals surface area (Å²) in [6.45, 7) is 7.93. The van der Waals surface area contributed by atoms with Crippen molar-refractivity contribution in [3.8, 4) is 5.69 Å². The van der Waals surface area contributed by atoms with Crippen LogP contribution in [0.2, 0.25) is 0 Å². The smallest absolute Gasteiger partial charge is 0.146 e. The highest BCUT2D eigenvalue weighted by molar-refractivity contribution is 5.42. The van der Waals surface area contributed by atoms with E-state index in [-0.39, 0.29) is 0 Å². The predicted molar refractivity (Wildman–Crippen MR) is 68.2 cm³/mol. The number of hydrogen-bond acceptors (Lipinski definition) is 3. The maximum absolute atomic E-state index is 4.31. The van der Waals surface area contributed by atoms with Gasteiger partial charge in [0.2, 0.25) is 0 Å². The summed E-state index contributed by atoms with van der Waals surface area (Å²) in [4.78, 5) is 4.29. The minimum Gasteiger partial charge on any atom is -0.310 e. The molecule has 1 N–H and O–H groups in total. The Bertz CT molecular complexity index is 502. The highest BCUT2D eigenvalue weighted by Gasteiger charge is 2.08. The molecule has 0 unspecified atom stereocenters. The standard InChI is InChI=1S/C13H18N4/c1-4-14-8-13-15-9-16-17(13)12-7-10(2)5-6-11(12)3/h5-7,9,14H,4,8H2,1-3H3. The van der Waals surface area contributed by atoms with Crippen LogP contribution in [0.3, 0.4) is 0 Å². The van der Waals surface area contributed by atoms with Crippen LogP contribution in [0.1, 0.15) is 23.9 Å².